The number of hydrogen-bond acceptors (Lipinski definition) is 8. The fourth-order valence-corrected chi connectivity index (χ4v) is 5.25. The molecule has 0 radical (unpaired) electrons. The maximum absolute atomic E-state index is 12.5. The first-order valence-corrected chi connectivity index (χ1v) is 14.2. The van der Waals surface area contributed by atoms with Gasteiger partial charge in [0.05, 0.1) is 12.7 Å². The highest BCUT2D eigenvalue weighted by Gasteiger charge is 2.27. The summed E-state index contributed by atoms with van der Waals surface area (Å²) in [6, 6.07) is 18.9. The van der Waals surface area contributed by atoms with Crippen LogP contribution in [0.3, 0.4) is 0 Å². The molecule has 0 saturated carbocycles. The van der Waals surface area contributed by atoms with Crippen LogP contribution >= 0.6 is 0 Å². The Morgan fingerprint density at radius 3 is 2.58 bits per heavy atom. The van der Waals surface area contributed by atoms with Gasteiger partial charge in [0.1, 0.15) is 5.82 Å². The summed E-state index contributed by atoms with van der Waals surface area (Å²) in [6.45, 7) is 8.98. The number of ether oxygens (including phenoxy) is 3. The highest BCUT2D eigenvalue weighted by atomic mass is 16.7. The molecule has 1 amide bonds. The molecule has 0 unspecified atom stereocenters. The molecule has 1 aromatic heterocycles. The van der Waals surface area contributed by atoms with Crippen molar-refractivity contribution in [3.8, 4) is 5.88 Å². The van der Waals surface area contributed by atoms with Crippen molar-refractivity contribution in [3.05, 3.63) is 60.2 Å². The van der Waals surface area contributed by atoms with Gasteiger partial charge in [-0.15, -0.1) is 0 Å². The van der Waals surface area contributed by atoms with Crippen LogP contribution in [0.1, 0.15) is 38.7 Å². The molecule has 40 heavy (non-hydrogen) atoms. The zero-order valence-corrected chi connectivity index (χ0v) is 23.4. The number of carbonyl (C=O) groups is 2. The number of aromatic nitrogens is 1. The van der Waals surface area contributed by atoms with Crippen molar-refractivity contribution in [1.82, 2.24) is 9.88 Å². The van der Waals surface area contributed by atoms with Gasteiger partial charge >= 0.3 is 6.16 Å². The quantitative estimate of drug-likeness (QED) is 0.259. The third-order valence-corrected chi connectivity index (χ3v) is 7.34. The molecular formula is C31H38N4O5. The number of pyridine rings is 1. The van der Waals surface area contributed by atoms with Crippen LogP contribution in [0.25, 0.3) is 10.8 Å². The molecule has 0 aliphatic carbocycles. The van der Waals surface area contributed by atoms with Gasteiger partial charge in [0.25, 0.3) is 0 Å². The topological polar surface area (TPSA) is 84.4 Å². The Balaban J connectivity index is 1.06. The van der Waals surface area contributed by atoms with E-state index in [0.717, 1.165) is 51.1 Å². The summed E-state index contributed by atoms with van der Waals surface area (Å²) in [5.74, 6) is 0.803. The predicted octanol–water partition coefficient (Wildman–Crippen LogP) is 5.01. The monoisotopic (exact) mass is 546 g/mol. The van der Waals surface area contributed by atoms with E-state index in [1.165, 1.54) is 21.4 Å². The molecule has 9 heteroatoms. The van der Waals surface area contributed by atoms with Gasteiger partial charge in [0.2, 0.25) is 11.8 Å². The SMILES string of the molecule is CC(C)OC(=O)OCN1C(=O)CCc2ccc(OCCCCN3CCN(c4cccc5ccccc45)CC3)nc21. The Morgan fingerprint density at radius 2 is 1.75 bits per heavy atom. The van der Waals surface area contributed by atoms with E-state index in [4.69, 9.17) is 14.2 Å². The fourth-order valence-electron chi connectivity index (χ4n) is 5.25. The highest BCUT2D eigenvalue weighted by molar-refractivity contribution is 5.95. The lowest BCUT2D eigenvalue weighted by atomic mass is 10.1. The molecule has 212 valence electrons. The number of carbonyl (C=O) groups excluding carboxylic acids is 2. The molecule has 3 heterocycles. The smallest absolute Gasteiger partial charge is 0.478 e. The predicted molar refractivity (Wildman–Crippen MR) is 155 cm³/mol. The Kier molecular flexibility index (Phi) is 9.01. The molecule has 3 aromatic rings. The van der Waals surface area contributed by atoms with E-state index in [-0.39, 0.29) is 18.7 Å². The molecule has 1 saturated heterocycles. The van der Waals surface area contributed by atoms with Gasteiger partial charge in [-0.1, -0.05) is 36.4 Å². The van der Waals surface area contributed by atoms with Gasteiger partial charge in [-0.25, -0.2) is 4.79 Å². The number of amides is 1. The molecule has 0 N–H and O–H groups in total. The maximum Gasteiger partial charge on any atom is 0.510 e. The molecule has 2 aromatic carbocycles. The van der Waals surface area contributed by atoms with Crippen molar-refractivity contribution in [2.45, 2.75) is 45.6 Å². The largest absolute Gasteiger partial charge is 0.510 e. The average molecular weight is 547 g/mol. The third-order valence-electron chi connectivity index (χ3n) is 7.34. The number of anilines is 2. The molecule has 9 nitrogen and oxygen atoms in total. The van der Waals surface area contributed by atoms with Crippen LogP contribution in [0.4, 0.5) is 16.3 Å². The van der Waals surface area contributed by atoms with Gasteiger partial charge in [0.15, 0.2) is 6.73 Å². The van der Waals surface area contributed by atoms with E-state index in [9.17, 15) is 9.59 Å². The van der Waals surface area contributed by atoms with Crippen LogP contribution in [0, 0.1) is 0 Å². The first-order valence-electron chi connectivity index (χ1n) is 14.2. The zero-order valence-electron chi connectivity index (χ0n) is 23.4. The first kappa shape index (κ1) is 27.7. The number of hydrogen-bond donors (Lipinski definition) is 0. The second kappa shape index (κ2) is 13.0. The number of rotatable bonds is 10. The van der Waals surface area contributed by atoms with Crippen LogP contribution in [0.5, 0.6) is 5.88 Å². The van der Waals surface area contributed by atoms with E-state index in [2.05, 4.69) is 57.2 Å². The van der Waals surface area contributed by atoms with Crippen molar-refractivity contribution in [1.29, 1.82) is 0 Å². The summed E-state index contributed by atoms with van der Waals surface area (Å²) in [6.07, 6.45) is 1.78. The highest BCUT2D eigenvalue weighted by Crippen LogP contribution is 2.29. The Bertz CT molecular complexity index is 1320. The molecule has 0 bridgehead atoms. The molecule has 5 rings (SSSR count). The number of aryl methyl sites for hydroxylation is 1. The number of nitrogens with zero attached hydrogens (tertiary/aromatic N) is 4. The molecule has 1 fully saturated rings. The van der Waals surface area contributed by atoms with E-state index < -0.39 is 6.16 Å². The lowest BCUT2D eigenvalue weighted by Crippen LogP contribution is -2.46. The standard InChI is InChI=1S/C31H38N4O5/c1-23(2)40-31(37)39-22-35-29(36)15-13-25-12-14-28(32-30(25)35)38-21-6-5-16-33-17-19-34(20-18-33)27-11-7-9-24-8-3-4-10-26(24)27/h3-4,7-12,14,23H,5-6,13,15-22H2,1-2H3. The Labute approximate surface area is 235 Å². The summed E-state index contributed by atoms with van der Waals surface area (Å²) >= 11 is 0. The van der Waals surface area contributed by atoms with E-state index >= 15 is 0 Å². The van der Waals surface area contributed by atoms with Crippen LogP contribution < -0.4 is 14.5 Å². The van der Waals surface area contributed by atoms with Crippen LogP contribution in [-0.4, -0.2) is 74.1 Å². The van der Waals surface area contributed by atoms with Crippen molar-refractivity contribution in [2.24, 2.45) is 0 Å². The van der Waals surface area contributed by atoms with Gasteiger partial charge in [-0.05, 0) is 62.7 Å². The summed E-state index contributed by atoms with van der Waals surface area (Å²) in [4.78, 5) is 35.3. The molecular weight excluding hydrogens is 508 g/mol. The lowest BCUT2D eigenvalue weighted by Gasteiger charge is -2.36. The Morgan fingerprint density at radius 1 is 0.950 bits per heavy atom. The second-order valence-electron chi connectivity index (χ2n) is 10.5. The van der Waals surface area contributed by atoms with Gasteiger partial charge < -0.3 is 19.1 Å². The number of benzene rings is 2. The summed E-state index contributed by atoms with van der Waals surface area (Å²) in [5, 5.41) is 2.61. The summed E-state index contributed by atoms with van der Waals surface area (Å²) in [7, 11) is 0. The van der Waals surface area contributed by atoms with Crippen molar-refractivity contribution >= 4 is 34.3 Å². The first-order chi connectivity index (χ1) is 19.5. The van der Waals surface area contributed by atoms with E-state index in [1.807, 2.05) is 12.1 Å². The minimum absolute atomic E-state index is 0.143. The van der Waals surface area contributed by atoms with E-state index in [1.54, 1.807) is 13.8 Å². The minimum atomic E-state index is -0.808. The molecule has 0 atom stereocenters. The summed E-state index contributed by atoms with van der Waals surface area (Å²) < 4.78 is 16.1. The number of piperazine rings is 1. The number of unbranched alkanes of at least 4 members (excludes halogenated alkanes) is 1. The maximum atomic E-state index is 12.5. The van der Waals surface area contributed by atoms with Crippen LogP contribution in [0.2, 0.25) is 0 Å². The fraction of sp³-hybridized carbons (Fsp3) is 0.452. The lowest BCUT2D eigenvalue weighted by molar-refractivity contribution is -0.119. The molecule has 2 aliphatic rings. The van der Waals surface area contributed by atoms with Crippen molar-refractivity contribution in [3.63, 3.8) is 0 Å². The number of fused-ring (bicyclic) bond motifs is 2. The summed E-state index contributed by atoms with van der Waals surface area (Å²) in [5.41, 5.74) is 2.25. The average Bonchev–Trinajstić information content (AvgIpc) is 2.96. The minimum Gasteiger partial charge on any atom is -0.478 e. The molecule has 0 spiro atoms. The van der Waals surface area contributed by atoms with Crippen LogP contribution in [0.15, 0.2) is 54.6 Å². The van der Waals surface area contributed by atoms with Gasteiger partial charge in [-0.2, -0.15) is 4.98 Å². The third kappa shape index (κ3) is 6.83. The zero-order chi connectivity index (χ0) is 27.9. The van der Waals surface area contributed by atoms with Gasteiger partial charge in [-0.3, -0.25) is 14.6 Å². The van der Waals surface area contributed by atoms with Crippen molar-refractivity contribution < 1.29 is 23.8 Å². The second-order valence-corrected chi connectivity index (χ2v) is 10.5. The Hall–Kier alpha value is -3.85. The van der Waals surface area contributed by atoms with E-state index in [0.29, 0.717) is 31.1 Å². The van der Waals surface area contributed by atoms with Crippen LogP contribution in [-0.2, 0) is 20.7 Å². The molecule has 2 aliphatic heterocycles. The van der Waals surface area contributed by atoms with Gasteiger partial charge in [0, 0.05) is 49.7 Å². The van der Waals surface area contributed by atoms with Crippen molar-refractivity contribution in [2.75, 3.05) is 55.9 Å². The normalized spacial score (nSPS) is 15.8.